The van der Waals surface area contributed by atoms with Gasteiger partial charge in [-0.1, -0.05) is 12.1 Å². The summed E-state index contributed by atoms with van der Waals surface area (Å²) in [5.74, 6) is 1.45. The van der Waals surface area contributed by atoms with E-state index in [-0.39, 0.29) is 12.0 Å². The van der Waals surface area contributed by atoms with Gasteiger partial charge < -0.3 is 20.1 Å². The molecule has 3 fully saturated rings. The van der Waals surface area contributed by atoms with Crippen LogP contribution in [0.4, 0.5) is 0 Å². The van der Waals surface area contributed by atoms with Crippen LogP contribution in [0.25, 0.3) is 10.9 Å². The van der Waals surface area contributed by atoms with Crippen LogP contribution in [0.3, 0.4) is 0 Å². The van der Waals surface area contributed by atoms with Crippen LogP contribution in [0.5, 0.6) is 11.5 Å². The Hall–Kier alpha value is -3.16. The molecule has 1 amide bonds. The molecule has 3 aromatic rings. The molecule has 2 N–H and O–H groups in total. The largest absolute Gasteiger partial charge is 0.497 e. The lowest BCUT2D eigenvalue weighted by atomic mass is 9.97. The number of pyridine rings is 1. The highest BCUT2D eigenvalue weighted by Gasteiger charge is 2.47. The fraction of sp³-hybridized carbons (Fsp3) is 0.448. The number of amides is 1. The summed E-state index contributed by atoms with van der Waals surface area (Å²) in [6.07, 6.45) is 5.90. The molecule has 3 heterocycles. The SMILES string of the molecule is COc1cc(C2(NC(=O)c3cc(OC4CCC5CNCCN5C4)ccc3C)CC2)c2cccnc2c1. The number of aryl methyl sites for hydroxylation is 1. The van der Waals surface area contributed by atoms with E-state index in [2.05, 4.69) is 26.6 Å². The van der Waals surface area contributed by atoms with Gasteiger partial charge in [-0.15, -0.1) is 0 Å². The summed E-state index contributed by atoms with van der Waals surface area (Å²) in [6, 6.07) is 14.5. The van der Waals surface area contributed by atoms with Gasteiger partial charge in [-0.05, 0) is 68.0 Å². The van der Waals surface area contributed by atoms with Crippen molar-refractivity contribution in [1.82, 2.24) is 20.5 Å². The van der Waals surface area contributed by atoms with Crippen LogP contribution in [0.1, 0.15) is 47.2 Å². The first-order valence-electron chi connectivity index (χ1n) is 13.0. The average Bonchev–Trinajstić information content (AvgIpc) is 3.69. The van der Waals surface area contributed by atoms with Gasteiger partial charge in [-0.2, -0.15) is 0 Å². The number of nitrogens with one attached hydrogen (secondary N) is 2. The van der Waals surface area contributed by atoms with Gasteiger partial charge in [0.05, 0.1) is 18.2 Å². The van der Waals surface area contributed by atoms with Crippen LogP contribution in [-0.4, -0.2) is 61.2 Å². The van der Waals surface area contributed by atoms with Gasteiger partial charge in [-0.3, -0.25) is 14.7 Å². The van der Waals surface area contributed by atoms with Gasteiger partial charge in [0.25, 0.3) is 5.91 Å². The van der Waals surface area contributed by atoms with Crippen molar-refractivity contribution in [2.45, 2.75) is 50.3 Å². The minimum Gasteiger partial charge on any atom is -0.497 e. The van der Waals surface area contributed by atoms with Gasteiger partial charge in [0, 0.05) is 55.4 Å². The van der Waals surface area contributed by atoms with Crippen molar-refractivity contribution in [1.29, 1.82) is 0 Å². The molecular weight excluding hydrogens is 452 g/mol. The number of carbonyl (C=O) groups excluding carboxylic acids is 1. The van der Waals surface area contributed by atoms with E-state index in [9.17, 15) is 4.79 Å². The molecule has 188 valence electrons. The van der Waals surface area contributed by atoms with Gasteiger partial charge in [0.15, 0.2) is 0 Å². The van der Waals surface area contributed by atoms with E-state index < -0.39 is 5.54 Å². The second-order valence-corrected chi connectivity index (χ2v) is 10.4. The molecule has 2 saturated heterocycles. The summed E-state index contributed by atoms with van der Waals surface area (Å²) < 4.78 is 11.9. The highest BCUT2D eigenvalue weighted by Crippen LogP contribution is 2.49. The number of piperidine rings is 1. The molecule has 1 saturated carbocycles. The number of fused-ring (bicyclic) bond motifs is 2. The maximum atomic E-state index is 13.6. The predicted octanol–water partition coefficient (Wildman–Crippen LogP) is 3.79. The Bertz CT molecular complexity index is 1290. The van der Waals surface area contributed by atoms with Gasteiger partial charge >= 0.3 is 0 Å². The van der Waals surface area contributed by atoms with Crippen LogP contribution in [0.2, 0.25) is 0 Å². The number of rotatable bonds is 6. The monoisotopic (exact) mass is 486 g/mol. The maximum Gasteiger partial charge on any atom is 0.252 e. The zero-order valence-corrected chi connectivity index (χ0v) is 21.0. The van der Waals surface area contributed by atoms with Gasteiger partial charge in [0.1, 0.15) is 17.6 Å². The molecule has 1 aromatic heterocycles. The van der Waals surface area contributed by atoms with Crippen LogP contribution in [0.15, 0.2) is 48.7 Å². The molecule has 3 aliphatic rings. The highest BCUT2D eigenvalue weighted by atomic mass is 16.5. The van der Waals surface area contributed by atoms with Crippen LogP contribution < -0.4 is 20.1 Å². The topological polar surface area (TPSA) is 75.7 Å². The maximum absolute atomic E-state index is 13.6. The number of piperazine rings is 1. The third-order valence-corrected chi connectivity index (χ3v) is 8.04. The minimum atomic E-state index is -0.406. The molecule has 1 aliphatic carbocycles. The Morgan fingerprint density at radius 3 is 2.89 bits per heavy atom. The molecule has 2 aliphatic heterocycles. The molecule has 2 aromatic carbocycles. The van der Waals surface area contributed by atoms with Crippen molar-refractivity contribution in [3.63, 3.8) is 0 Å². The van der Waals surface area contributed by atoms with E-state index in [1.54, 1.807) is 13.3 Å². The Labute approximate surface area is 212 Å². The summed E-state index contributed by atoms with van der Waals surface area (Å²) >= 11 is 0. The zero-order chi connectivity index (χ0) is 24.7. The highest BCUT2D eigenvalue weighted by molar-refractivity contribution is 5.97. The first kappa shape index (κ1) is 23.3. The number of benzene rings is 2. The summed E-state index contributed by atoms with van der Waals surface area (Å²) in [7, 11) is 1.66. The van der Waals surface area contributed by atoms with Crippen LogP contribution >= 0.6 is 0 Å². The summed E-state index contributed by atoms with van der Waals surface area (Å²) in [4.78, 5) is 20.6. The summed E-state index contributed by atoms with van der Waals surface area (Å²) in [6.45, 7) is 6.11. The average molecular weight is 487 g/mol. The van der Waals surface area contributed by atoms with Crippen molar-refractivity contribution >= 4 is 16.8 Å². The second-order valence-electron chi connectivity index (χ2n) is 10.4. The first-order chi connectivity index (χ1) is 17.5. The normalized spacial score (nSPS) is 23.1. The van der Waals surface area contributed by atoms with E-state index in [4.69, 9.17) is 9.47 Å². The Morgan fingerprint density at radius 1 is 1.17 bits per heavy atom. The smallest absolute Gasteiger partial charge is 0.252 e. The number of ether oxygens (including phenoxy) is 2. The number of hydrogen-bond acceptors (Lipinski definition) is 6. The van der Waals surface area contributed by atoms with Gasteiger partial charge in [0.2, 0.25) is 0 Å². The van der Waals surface area contributed by atoms with Crippen molar-refractivity contribution < 1.29 is 14.3 Å². The Morgan fingerprint density at radius 2 is 2.06 bits per heavy atom. The third kappa shape index (κ3) is 4.42. The van der Waals surface area contributed by atoms with E-state index in [1.165, 1.54) is 0 Å². The van der Waals surface area contributed by atoms with Crippen molar-refractivity contribution in [2.24, 2.45) is 0 Å². The first-order valence-corrected chi connectivity index (χ1v) is 13.0. The molecule has 2 unspecified atom stereocenters. The van der Waals surface area contributed by atoms with Crippen molar-refractivity contribution in [3.8, 4) is 11.5 Å². The molecule has 2 atom stereocenters. The Kier molecular flexibility index (Phi) is 6.05. The summed E-state index contributed by atoms with van der Waals surface area (Å²) in [5, 5.41) is 7.90. The molecule has 36 heavy (non-hydrogen) atoms. The van der Waals surface area contributed by atoms with E-state index in [0.29, 0.717) is 11.6 Å². The second kappa shape index (κ2) is 9.37. The van der Waals surface area contributed by atoms with Crippen LogP contribution in [-0.2, 0) is 5.54 Å². The Balaban J connectivity index is 1.21. The van der Waals surface area contributed by atoms with Crippen molar-refractivity contribution in [2.75, 3.05) is 33.3 Å². The number of carbonyl (C=O) groups is 1. The molecule has 0 spiro atoms. The lowest BCUT2D eigenvalue weighted by Crippen LogP contribution is -2.56. The van der Waals surface area contributed by atoms with Gasteiger partial charge in [-0.25, -0.2) is 0 Å². The summed E-state index contributed by atoms with van der Waals surface area (Å²) in [5.41, 5.74) is 3.14. The number of aromatic nitrogens is 1. The molecule has 6 rings (SSSR count). The molecule has 7 nitrogen and oxygen atoms in total. The number of nitrogens with zero attached hydrogens (tertiary/aromatic N) is 2. The number of methoxy groups -OCH3 is 1. The van der Waals surface area contributed by atoms with Crippen LogP contribution in [0, 0.1) is 6.92 Å². The standard InChI is InChI=1S/C29H34N4O3/c1-19-5-7-21(36-22-8-6-20-17-30-12-13-33(20)18-22)14-25(19)28(34)32-29(9-10-29)26-15-23(35-2)16-27-24(26)4-3-11-31-27/h3-5,7,11,14-16,20,22,30H,6,8-10,12-13,17-18H2,1-2H3,(H,32,34). The molecule has 0 bridgehead atoms. The fourth-order valence-corrected chi connectivity index (χ4v) is 5.81. The molecule has 0 radical (unpaired) electrons. The predicted molar refractivity (Wildman–Crippen MR) is 140 cm³/mol. The molecular formula is C29H34N4O3. The molecule has 7 heteroatoms. The number of hydrogen-bond donors (Lipinski definition) is 2. The minimum absolute atomic E-state index is 0.0684. The quantitative estimate of drug-likeness (QED) is 0.552. The van der Waals surface area contributed by atoms with E-state index in [0.717, 1.165) is 85.4 Å². The lowest BCUT2D eigenvalue weighted by molar-refractivity contribution is 0.0371. The van der Waals surface area contributed by atoms with Crippen molar-refractivity contribution in [3.05, 3.63) is 65.4 Å². The van der Waals surface area contributed by atoms with E-state index in [1.807, 2.05) is 43.3 Å². The fourth-order valence-electron chi connectivity index (χ4n) is 5.81. The zero-order valence-electron chi connectivity index (χ0n) is 21.0. The lowest BCUT2D eigenvalue weighted by Gasteiger charge is -2.42. The van der Waals surface area contributed by atoms with E-state index >= 15 is 0 Å². The third-order valence-electron chi connectivity index (χ3n) is 8.04.